The molecule has 0 spiro atoms. The van der Waals surface area contributed by atoms with Gasteiger partial charge in [-0.05, 0) is 29.3 Å². The van der Waals surface area contributed by atoms with E-state index >= 15 is 0 Å². The molecule has 96 valence electrons. The summed E-state index contributed by atoms with van der Waals surface area (Å²) in [6.45, 7) is 4.40. The van der Waals surface area contributed by atoms with Gasteiger partial charge in [0.05, 0.1) is 11.8 Å². The maximum absolute atomic E-state index is 11.9. The van der Waals surface area contributed by atoms with E-state index < -0.39 is 11.9 Å². The Morgan fingerprint density at radius 2 is 2.12 bits per heavy atom. The average molecular weight is 257 g/mol. The number of rotatable bonds is 4. The molecule has 5 heteroatoms. The van der Waals surface area contributed by atoms with Crippen molar-refractivity contribution in [3.8, 4) is 0 Å². The van der Waals surface area contributed by atoms with E-state index in [-0.39, 0.29) is 17.2 Å². The number of carbonyl (C=O) groups is 2. The number of carboxylic acids is 1. The van der Waals surface area contributed by atoms with Crippen molar-refractivity contribution in [1.82, 2.24) is 5.32 Å². The maximum atomic E-state index is 11.9. The number of amides is 1. The van der Waals surface area contributed by atoms with Crippen molar-refractivity contribution >= 4 is 23.6 Å². The Hall–Kier alpha value is -0.710. The van der Waals surface area contributed by atoms with Gasteiger partial charge >= 0.3 is 5.97 Å². The molecular weight excluding hydrogens is 238 g/mol. The highest BCUT2D eigenvalue weighted by molar-refractivity contribution is 7.99. The summed E-state index contributed by atoms with van der Waals surface area (Å²) in [6, 6.07) is 0. The summed E-state index contributed by atoms with van der Waals surface area (Å²) >= 11 is 1.92. The lowest BCUT2D eigenvalue weighted by Crippen LogP contribution is -2.32. The lowest BCUT2D eigenvalue weighted by Gasteiger charge is -2.10. The molecule has 2 N–H and O–H groups in total. The number of thioether (sulfide) groups is 1. The fourth-order valence-corrected chi connectivity index (χ4v) is 3.97. The number of hydrogen-bond donors (Lipinski definition) is 2. The highest BCUT2D eigenvalue weighted by Gasteiger charge is 2.65. The minimum Gasteiger partial charge on any atom is -0.481 e. The van der Waals surface area contributed by atoms with Gasteiger partial charge in [0.2, 0.25) is 5.91 Å². The summed E-state index contributed by atoms with van der Waals surface area (Å²) in [6.07, 6.45) is 1.15. The third kappa shape index (κ3) is 2.44. The van der Waals surface area contributed by atoms with Gasteiger partial charge in [0, 0.05) is 6.54 Å². The lowest BCUT2D eigenvalue weighted by molar-refractivity contribution is -0.140. The van der Waals surface area contributed by atoms with Crippen molar-refractivity contribution in [2.75, 3.05) is 18.1 Å². The van der Waals surface area contributed by atoms with Crippen molar-refractivity contribution in [3.05, 3.63) is 0 Å². The third-order valence-corrected chi connectivity index (χ3v) is 5.20. The summed E-state index contributed by atoms with van der Waals surface area (Å²) in [5.74, 6) is 1.04. The van der Waals surface area contributed by atoms with Crippen LogP contribution in [0, 0.1) is 23.2 Å². The van der Waals surface area contributed by atoms with Crippen LogP contribution in [0.5, 0.6) is 0 Å². The molecule has 1 saturated carbocycles. The van der Waals surface area contributed by atoms with Crippen LogP contribution in [0.15, 0.2) is 0 Å². The van der Waals surface area contributed by atoms with Crippen LogP contribution >= 0.6 is 11.8 Å². The smallest absolute Gasteiger partial charge is 0.307 e. The third-order valence-electron chi connectivity index (χ3n) is 3.96. The molecule has 2 fully saturated rings. The van der Waals surface area contributed by atoms with Crippen LogP contribution in [-0.4, -0.2) is 35.0 Å². The normalized spacial score (nSPS) is 34.4. The molecule has 1 aliphatic carbocycles. The number of nitrogens with one attached hydrogen (secondary N) is 1. The van der Waals surface area contributed by atoms with E-state index in [1.807, 2.05) is 25.6 Å². The van der Waals surface area contributed by atoms with E-state index in [0.29, 0.717) is 12.5 Å². The first-order chi connectivity index (χ1) is 7.94. The Bertz CT molecular complexity index is 337. The fraction of sp³-hybridized carbons (Fsp3) is 0.833. The molecule has 0 aromatic heterocycles. The molecule has 1 amide bonds. The zero-order chi connectivity index (χ0) is 12.6. The minimum absolute atomic E-state index is 0.0840. The molecule has 0 aromatic rings. The Morgan fingerprint density at radius 3 is 2.59 bits per heavy atom. The van der Waals surface area contributed by atoms with Crippen molar-refractivity contribution < 1.29 is 14.7 Å². The van der Waals surface area contributed by atoms with E-state index in [0.717, 1.165) is 12.2 Å². The molecule has 1 heterocycles. The van der Waals surface area contributed by atoms with Crippen molar-refractivity contribution in [2.24, 2.45) is 23.2 Å². The van der Waals surface area contributed by atoms with Crippen molar-refractivity contribution in [2.45, 2.75) is 20.3 Å². The first kappa shape index (κ1) is 12.7. The van der Waals surface area contributed by atoms with Gasteiger partial charge in [0.25, 0.3) is 0 Å². The molecule has 0 aromatic carbocycles. The monoisotopic (exact) mass is 257 g/mol. The van der Waals surface area contributed by atoms with Gasteiger partial charge in [-0.15, -0.1) is 0 Å². The highest BCUT2D eigenvalue weighted by Crippen LogP contribution is 2.58. The molecule has 0 radical (unpaired) electrons. The van der Waals surface area contributed by atoms with Crippen LogP contribution in [0.3, 0.4) is 0 Å². The van der Waals surface area contributed by atoms with Crippen LogP contribution in [0.4, 0.5) is 0 Å². The second-order valence-electron chi connectivity index (χ2n) is 5.59. The number of aliphatic carboxylic acids is 1. The largest absolute Gasteiger partial charge is 0.481 e. The van der Waals surface area contributed by atoms with Crippen LogP contribution in [0.1, 0.15) is 20.3 Å². The SMILES string of the molecule is CC1(C)C(C(=O)O)C1C(=O)NCC1CCSC1. The summed E-state index contributed by atoms with van der Waals surface area (Å²) in [5, 5.41) is 11.9. The van der Waals surface area contributed by atoms with Crippen molar-refractivity contribution in [3.63, 3.8) is 0 Å². The number of hydrogen-bond acceptors (Lipinski definition) is 3. The van der Waals surface area contributed by atoms with Gasteiger partial charge < -0.3 is 10.4 Å². The number of carboxylic acid groups (broad SMARTS) is 1. The van der Waals surface area contributed by atoms with Gasteiger partial charge in [0.1, 0.15) is 0 Å². The van der Waals surface area contributed by atoms with E-state index in [9.17, 15) is 9.59 Å². The summed E-state index contributed by atoms with van der Waals surface area (Å²) < 4.78 is 0. The molecule has 1 aliphatic heterocycles. The first-order valence-electron chi connectivity index (χ1n) is 6.03. The second kappa shape index (κ2) is 4.52. The second-order valence-corrected chi connectivity index (χ2v) is 6.74. The van der Waals surface area contributed by atoms with Crippen LogP contribution < -0.4 is 5.32 Å². The molecule has 2 rings (SSSR count). The first-order valence-corrected chi connectivity index (χ1v) is 7.18. The minimum atomic E-state index is -0.855. The molecule has 3 unspecified atom stereocenters. The van der Waals surface area contributed by atoms with E-state index in [2.05, 4.69) is 5.32 Å². The van der Waals surface area contributed by atoms with Crippen molar-refractivity contribution in [1.29, 1.82) is 0 Å². The molecule has 4 nitrogen and oxygen atoms in total. The topological polar surface area (TPSA) is 66.4 Å². The zero-order valence-electron chi connectivity index (χ0n) is 10.2. The Morgan fingerprint density at radius 1 is 1.41 bits per heavy atom. The molecule has 3 atom stereocenters. The quantitative estimate of drug-likeness (QED) is 0.794. The highest BCUT2D eigenvalue weighted by atomic mass is 32.2. The Labute approximate surface area is 106 Å². The molecule has 1 saturated heterocycles. The Balaban J connectivity index is 1.82. The summed E-state index contributed by atoms with van der Waals surface area (Å²) in [5.41, 5.74) is -0.389. The maximum Gasteiger partial charge on any atom is 0.307 e. The van der Waals surface area contributed by atoms with Gasteiger partial charge in [-0.1, -0.05) is 13.8 Å². The van der Waals surface area contributed by atoms with Crippen LogP contribution in [-0.2, 0) is 9.59 Å². The van der Waals surface area contributed by atoms with E-state index in [1.54, 1.807) is 0 Å². The molecule has 2 aliphatic rings. The van der Waals surface area contributed by atoms with Gasteiger partial charge in [-0.2, -0.15) is 11.8 Å². The summed E-state index contributed by atoms with van der Waals surface area (Å²) in [7, 11) is 0. The van der Waals surface area contributed by atoms with Crippen LogP contribution in [0.25, 0.3) is 0 Å². The fourth-order valence-electron chi connectivity index (χ4n) is 2.69. The molecular formula is C12H19NO3S. The predicted molar refractivity (Wildman–Crippen MR) is 66.8 cm³/mol. The lowest BCUT2D eigenvalue weighted by atomic mass is 10.1. The Kier molecular flexibility index (Phi) is 3.39. The van der Waals surface area contributed by atoms with Gasteiger partial charge in [-0.3, -0.25) is 9.59 Å². The van der Waals surface area contributed by atoms with E-state index in [4.69, 9.17) is 5.11 Å². The molecule has 0 bridgehead atoms. The van der Waals surface area contributed by atoms with Gasteiger partial charge in [-0.25, -0.2) is 0 Å². The standard InChI is InChI=1S/C12H19NO3S/c1-12(2)8(9(12)11(15)16)10(14)13-5-7-3-4-17-6-7/h7-9H,3-6H2,1-2H3,(H,13,14)(H,15,16). The zero-order valence-corrected chi connectivity index (χ0v) is 11.0. The molecule has 17 heavy (non-hydrogen) atoms. The van der Waals surface area contributed by atoms with E-state index in [1.165, 1.54) is 5.75 Å². The average Bonchev–Trinajstić information content (AvgIpc) is 2.65. The predicted octanol–water partition coefficient (Wildman–Crippen LogP) is 1.21. The van der Waals surface area contributed by atoms with Gasteiger partial charge in [0.15, 0.2) is 0 Å². The summed E-state index contributed by atoms with van der Waals surface area (Å²) in [4.78, 5) is 22.9. The number of carbonyl (C=O) groups excluding carboxylic acids is 1. The van der Waals surface area contributed by atoms with Crippen LogP contribution in [0.2, 0.25) is 0 Å².